The Kier molecular flexibility index (Phi) is 6.71. The number of benzene rings is 1. The molecule has 1 aromatic carbocycles. The van der Waals surface area contributed by atoms with E-state index in [0.29, 0.717) is 11.3 Å². The predicted molar refractivity (Wildman–Crippen MR) is 102 cm³/mol. The maximum absolute atomic E-state index is 12.5. The van der Waals surface area contributed by atoms with E-state index in [4.69, 9.17) is 19.9 Å². The summed E-state index contributed by atoms with van der Waals surface area (Å²) in [5.74, 6) is -2.35. The van der Waals surface area contributed by atoms with Crippen molar-refractivity contribution < 1.29 is 33.6 Å². The summed E-state index contributed by atoms with van der Waals surface area (Å²) in [5, 5.41) is 10.6. The molecule has 10 nitrogen and oxygen atoms in total. The van der Waals surface area contributed by atoms with Gasteiger partial charge in [-0.2, -0.15) is 0 Å². The minimum absolute atomic E-state index is 0.221. The summed E-state index contributed by atoms with van der Waals surface area (Å²) in [6.45, 7) is 0. The Morgan fingerprint density at radius 3 is 2.14 bits per heavy atom. The van der Waals surface area contributed by atoms with E-state index in [1.165, 1.54) is 33.5 Å². The van der Waals surface area contributed by atoms with Gasteiger partial charge in [-0.05, 0) is 17.7 Å². The molecular formula is C19H22N2O8. The highest BCUT2D eigenvalue weighted by Crippen LogP contribution is 2.43. The smallest absolute Gasteiger partial charge is 0.343 e. The van der Waals surface area contributed by atoms with Crippen LogP contribution in [0.1, 0.15) is 33.8 Å². The van der Waals surface area contributed by atoms with Gasteiger partial charge in [0.1, 0.15) is 11.3 Å². The SMILES string of the molecule is COC(=O)c1c[nH]c(=O)c(C(CC(N)=O)c2cc(OC)c(OC)c(OC)c2)c1O. The van der Waals surface area contributed by atoms with E-state index in [9.17, 15) is 19.5 Å². The van der Waals surface area contributed by atoms with Gasteiger partial charge in [0, 0.05) is 18.5 Å². The normalized spacial score (nSPS) is 11.4. The molecule has 29 heavy (non-hydrogen) atoms. The van der Waals surface area contributed by atoms with Crippen LogP contribution in [-0.2, 0) is 9.53 Å². The van der Waals surface area contributed by atoms with E-state index in [0.717, 1.165) is 13.3 Å². The van der Waals surface area contributed by atoms with Gasteiger partial charge in [-0.15, -0.1) is 0 Å². The topological polar surface area (TPSA) is 150 Å². The molecule has 1 amide bonds. The van der Waals surface area contributed by atoms with E-state index >= 15 is 0 Å². The number of esters is 1. The van der Waals surface area contributed by atoms with Crippen LogP contribution in [0.4, 0.5) is 0 Å². The van der Waals surface area contributed by atoms with Crippen LogP contribution in [0.25, 0.3) is 0 Å². The first kappa shape index (κ1) is 21.6. The summed E-state index contributed by atoms with van der Waals surface area (Å²) in [6.07, 6.45) is 0.698. The number of methoxy groups -OCH3 is 4. The number of ether oxygens (including phenoxy) is 4. The Hall–Kier alpha value is -3.69. The Bertz CT molecular complexity index is 958. The molecule has 1 unspecified atom stereocenters. The average Bonchev–Trinajstić information content (AvgIpc) is 2.71. The summed E-state index contributed by atoms with van der Waals surface area (Å²) >= 11 is 0. The van der Waals surface area contributed by atoms with Gasteiger partial charge in [-0.25, -0.2) is 4.79 Å². The van der Waals surface area contributed by atoms with Gasteiger partial charge in [0.2, 0.25) is 11.7 Å². The van der Waals surface area contributed by atoms with Crippen LogP contribution >= 0.6 is 0 Å². The molecule has 0 saturated carbocycles. The second-order valence-electron chi connectivity index (χ2n) is 5.97. The van der Waals surface area contributed by atoms with Crippen molar-refractivity contribution in [2.24, 2.45) is 5.73 Å². The van der Waals surface area contributed by atoms with Crippen molar-refractivity contribution in [1.29, 1.82) is 0 Å². The Balaban J connectivity index is 2.79. The third kappa shape index (κ3) is 4.26. The van der Waals surface area contributed by atoms with Crippen LogP contribution in [0.5, 0.6) is 23.0 Å². The maximum Gasteiger partial charge on any atom is 0.343 e. The fourth-order valence-electron chi connectivity index (χ4n) is 3.02. The van der Waals surface area contributed by atoms with Crippen molar-refractivity contribution >= 4 is 11.9 Å². The first-order valence-corrected chi connectivity index (χ1v) is 8.40. The summed E-state index contributed by atoms with van der Waals surface area (Å²) in [6, 6.07) is 3.05. The van der Waals surface area contributed by atoms with Crippen LogP contribution in [-0.4, -0.2) is 50.4 Å². The summed E-state index contributed by atoms with van der Waals surface area (Å²) in [4.78, 5) is 38.5. The van der Waals surface area contributed by atoms with Gasteiger partial charge in [-0.3, -0.25) is 9.59 Å². The number of carbonyl (C=O) groups excluding carboxylic acids is 2. The minimum atomic E-state index is -1.01. The first-order valence-electron chi connectivity index (χ1n) is 8.40. The monoisotopic (exact) mass is 406 g/mol. The van der Waals surface area contributed by atoms with E-state index < -0.39 is 29.1 Å². The number of amides is 1. The largest absolute Gasteiger partial charge is 0.506 e. The molecule has 0 saturated heterocycles. The molecular weight excluding hydrogens is 384 g/mol. The van der Waals surface area contributed by atoms with Gasteiger partial charge in [0.25, 0.3) is 5.56 Å². The van der Waals surface area contributed by atoms with Crippen LogP contribution < -0.4 is 25.5 Å². The molecule has 0 aliphatic rings. The highest BCUT2D eigenvalue weighted by atomic mass is 16.5. The molecule has 1 atom stereocenters. The van der Waals surface area contributed by atoms with Gasteiger partial charge in [-0.1, -0.05) is 0 Å². The standard InChI is InChI=1S/C19H22N2O8/c1-26-12-5-9(6-13(27-2)17(12)28-3)10(7-14(20)22)15-16(23)11(19(25)29-4)8-21-18(15)24/h5-6,8,10H,7H2,1-4H3,(H2,20,22)(H2,21,23,24). The zero-order valence-electron chi connectivity index (χ0n) is 16.4. The molecule has 2 rings (SSSR count). The Morgan fingerprint density at radius 2 is 1.69 bits per heavy atom. The first-order chi connectivity index (χ1) is 13.8. The minimum Gasteiger partial charge on any atom is -0.506 e. The Morgan fingerprint density at radius 1 is 1.10 bits per heavy atom. The van der Waals surface area contributed by atoms with Crippen molar-refractivity contribution in [3.8, 4) is 23.0 Å². The molecule has 2 aromatic rings. The summed E-state index contributed by atoms with van der Waals surface area (Å²) in [5.41, 5.74) is 4.57. The molecule has 0 aliphatic heterocycles. The number of pyridine rings is 1. The second-order valence-corrected chi connectivity index (χ2v) is 5.97. The molecule has 0 bridgehead atoms. The van der Waals surface area contributed by atoms with Gasteiger partial charge >= 0.3 is 5.97 Å². The van der Waals surface area contributed by atoms with Crippen molar-refractivity contribution in [3.63, 3.8) is 0 Å². The van der Waals surface area contributed by atoms with E-state index in [1.54, 1.807) is 0 Å². The van der Waals surface area contributed by atoms with Gasteiger partial charge in [0.15, 0.2) is 11.5 Å². The number of nitrogens with one attached hydrogen (secondary N) is 1. The quantitative estimate of drug-likeness (QED) is 0.547. The van der Waals surface area contributed by atoms with E-state index in [-0.39, 0.29) is 29.0 Å². The molecule has 10 heteroatoms. The number of hydrogen-bond acceptors (Lipinski definition) is 8. The number of nitrogens with two attached hydrogens (primary N) is 1. The van der Waals surface area contributed by atoms with Gasteiger partial charge < -0.3 is 34.8 Å². The number of H-pyrrole nitrogens is 1. The number of hydrogen-bond donors (Lipinski definition) is 3. The number of aromatic hydroxyl groups is 1. The lowest BCUT2D eigenvalue weighted by atomic mass is 9.87. The highest BCUT2D eigenvalue weighted by Gasteiger charge is 2.29. The molecule has 0 fully saturated rings. The molecule has 156 valence electrons. The second kappa shape index (κ2) is 9.00. The van der Waals surface area contributed by atoms with Crippen molar-refractivity contribution in [2.45, 2.75) is 12.3 Å². The molecule has 0 radical (unpaired) electrons. The number of rotatable bonds is 8. The zero-order valence-corrected chi connectivity index (χ0v) is 16.4. The lowest BCUT2D eigenvalue weighted by Gasteiger charge is -2.21. The number of carbonyl (C=O) groups is 2. The summed E-state index contributed by atoms with van der Waals surface area (Å²) < 4.78 is 20.5. The average molecular weight is 406 g/mol. The number of aromatic nitrogens is 1. The third-order valence-corrected chi connectivity index (χ3v) is 4.35. The molecule has 1 heterocycles. The fraction of sp³-hybridized carbons (Fsp3) is 0.316. The lowest BCUT2D eigenvalue weighted by molar-refractivity contribution is -0.118. The fourth-order valence-corrected chi connectivity index (χ4v) is 3.02. The molecule has 0 spiro atoms. The van der Waals surface area contributed by atoms with Crippen molar-refractivity contribution in [1.82, 2.24) is 4.98 Å². The van der Waals surface area contributed by atoms with E-state index in [2.05, 4.69) is 9.72 Å². The predicted octanol–water partition coefficient (Wildman–Crippen LogP) is 0.900. The maximum atomic E-state index is 12.5. The summed E-state index contributed by atoms with van der Waals surface area (Å²) in [7, 11) is 5.38. The highest BCUT2D eigenvalue weighted by molar-refractivity contribution is 5.92. The molecule has 0 aliphatic carbocycles. The Labute approximate surface area is 166 Å². The number of primary amides is 1. The zero-order chi connectivity index (χ0) is 21.7. The van der Waals surface area contributed by atoms with Crippen LogP contribution in [0.3, 0.4) is 0 Å². The van der Waals surface area contributed by atoms with Crippen molar-refractivity contribution in [3.05, 3.63) is 45.4 Å². The lowest BCUT2D eigenvalue weighted by Crippen LogP contribution is -2.24. The third-order valence-electron chi connectivity index (χ3n) is 4.35. The van der Waals surface area contributed by atoms with Gasteiger partial charge in [0.05, 0.1) is 34.0 Å². The van der Waals surface area contributed by atoms with Crippen LogP contribution in [0, 0.1) is 0 Å². The number of aromatic amines is 1. The molecule has 1 aromatic heterocycles. The van der Waals surface area contributed by atoms with Crippen LogP contribution in [0.15, 0.2) is 23.1 Å². The molecule has 4 N–H and O–H groups in total. The van der Waals surface area contributed by atoms with Crippen LogP contribution in [0.2, 0.25) is 0 Å². The van der Waals surface area contributed by atoms with Crippen molar-refractivity contribution in [2.75, 3.05) is 28.4 Å². The van der Waals surface area contributed by atoms with E-state index in [1.807, 2.05) is 0 Å².